The number of rotatable bonds is 5. The summed E-state index contributed by atoms with van der Waals surface area (Å²) in [6.07, 6.45) is 0. The molecular weight excluding hydrogens is 291 g/mol. The molecule has 0 bridgehead atoms. The van der Waals surface area contributed by atoms with Crippen LogP contribution in [0.15, 0.2) is 4.90 Å². The molecule has 0 fully saturated rings. The Kier molecular flexibility index (Phi) is 4.67. The highest BCUT2D eigenvalue weighted by atomic mass is 32.2. The van der Waals surface area contributed by atoms with Crippen LogP contribution in [0.2, 0.25) is 0 Å². The van der Waals surface area contributed by atoms with Gasteiger partial charge in [-0.2, -0.15) is 18.3 Å². The van der Waals surface area contributed by atoms with Gasteiger partial charge < -0.3 is 0 Å². The lowest BCUT2D eigenvalue weighted by atomic mass is 10.4. The number of sulfonamides is 1. The van der Waals surface area contributed by atoms with Crippen molar-refractivity contribution >= 4 is 21.8 Å². The van der Waals surface area contributed by atoms with E-state index in [0.29, 0.717) is 5.69 Å². The molecule has 0 aliphatic carbocycles. The molecule has 0 aliphatic rings. The van der Waals surface area contributed by atoms with Crippen LogP contribution in [0.25, 0.3) is 0 Å². The standard InChI is InChI=1S/C8H12F3N3O2S2/c1-5-7(6(2)14-13-5)18(15,16)12-3-4-17-8(9,10)11/h12H,3-4H2,1-2H3,(H,13,14). The summed E-state index contributed by atoms with van der Waals surface area (Å²) in [5.74, 6) is -0.376. The molecule has 10 heteroatoms. The van der Waals surface area contributed by atoms with E-state index >= 15 is 0 Å². The molecule has 0 spiro atoms. The number of nitrogens with zero attached hydrogens (tertiary/aromatic N) is 1. The van der Waals surface area contributed by atoms with Crippen molar-refractivity contribution in [2.75, 3.05) is 12.3 Å². The fourth-order valence-corrected chi connectivity index (χ4v) is 3.31. The Bertz CT molecular complexity index is 491. The summed E-state index contributed by atoms with van der Waals surface area (Å²) in [7, 11) is -3.82. The zero-order valence-corrected chi connectivity index (χ0v) is 11.3. The Morgan fingerprint density at radius 1 is 1.39 bits per heavy atom. The number of aromatic nitrogens is 2. The molecule has 0 atom stereocenters. The fourth-order valence-electron chi connectivity index (χ4n) is 1.35. The van der Waals surface area contributed by atoms with Crippen molar-refractivity contribution < 1.29 is 21.6 Å². The normalized spacial score (nSPS) is 12.9. The first-order valence-electron chi connectivity index (χ1n) is 4.85. The van der Waals surface area contributed by atoms with Gasteiger partial charge in [0.25, 0.3) is 0 Å². The highest BCUT2D eigenvalue weighted by Crippen LogP contribution is 2.29. The van der Waals surface area contributed by atoms with Gasteiger partial charge >= 0.3 is 5.51 Å². The highest BCUT2D eigenvalue weighted by molar-refractivity contribution is 8.00. The van der Waals surface area contributed by atoms with E-state index in [1.54, 1.807) is 0 Å². The Morgan fingerprint density at radius 3 is 2.44 bits per heavy atom. The number of hydrogen-bond donors (Lipinski definition) is 2. The average molecular weight is 303 g/mol. The molecule has 104 valence electrons. The van der Waals surface area contributed by atoms with Crippen LogP contribution in [0.4, 0.5) is 13.2 Å². The van der Waals surface area contributed by atoms with E-state index in [4.69, 9.17) is 0 Å². The van der Waals surface area contributed by atoms with Crippen LogP contribution < -0.4 is 4.72 Å². The number of hydrogen-bond acceptors (Lipinski definition) is 4. The van der Waals surface area contributed by atoms with E-state index in [0.717, 1.165) is 0 Å². The van der Waals surface area contributed by atoms with Gasteiger partial charge in [0.1, 0.15) is 4.90 Å². The third-order valence-electron chi connectivity index (χ3n) is 1.99. The summed E-state index contributed by atoms with van der Waals surface area (Å²) >= 11 is -0.270. The van der Waals surface area contributed by atoms with Gasteiger partial charge in [-0.05, 0) is 25.6 Å². The number of nitrogens with one attached hydrogen (secondary N) is 2. The first-order chi connectivity index (χ1) is 8.13. The minimum absolute atomic E-state index is 0.0143. The van der Waals surface area contributed by atoms with E-state index in [-0.39, 0.29) is 34.6 Å². The SMILES string of the molecule is Cc1n[nH]c(C)c1S(=O)(=O)NCCSC(F)(F)F. The Hall–Kier alpha value is -0.740. The minimum atomic E-state index is -4.35. The lowest BCUT2D eigenvalue weighted by molar-refractivity contribution is -0.0327. The molecule has 2 N–H and O–H groups in total. The van der Waals surface area contributed by atoms with Gasteiger partial charge in [-0.15, -0.1) is 0 Å². The summed E-state index contributed by atoms with van der Waals surface area (Å²) in [4.78, 5) is -0.0143. The molecule has 5 nitrogen and oxygen atoms in total. The van der Waals surface area contributed by atoms with Crippen molar-refractivity contribution in [3.8, 4) is 0 Å². The van der Waals surface area contributed by atoms with E-state index < -0.39 is 15.5 Å². The van der Waals surface area contributed by atoms with Crippen LogP contribution in [-0.2, 0) is 10.0 Å². The second kappa shape index (κ2) is 5.49. The first-order valence-corrected chi connectivity index (χ1v) is 7.32. The third kappa shape index (κ3) is 4.18. The van der Waals surface area contributed by atoms with Crippen LogP contribution in [0.5, 0.6) is 0 Å². The Labute approximate surface area is 107 Å². The molecule has 0 saturated heterocycles. The number of aromatic amines is 1. The monoisotopic (exact) mass is 303 g/mol. The molecule has 0 aliphatic heterocycles. The number of halogens is 3. The molecule has 1 aromatic rings. The summed E-state index contributed by atoms with van der Waals surface area (Å²) in [6.45, 7) is 2.73. The zero-order valence-electron chi connectivity index (χ0n) is 9.63. The van der Waals surface area contributed by atoms with E-state index in [2.05, 4.69) is 14.9 Å². The predicted molar refractivity (Wildman–Crippen MR) is 61.8 cm³/mol. The van der Waals surface area contributed by atoms with Crippen LogP contribution in [0, 0.1) is 13.8 Å². The van der Waals surface area contributed by atoms with Crippen molar-refractivity contribution in [3.05, 3.63) is 11.4 Å². The van der Waals surface area contributed by atoms with Crippen molar-refractivity contribution in [1.82, 2.24) is 14.9 Å². The maximum absolute atomic E-state index is 11.8. The molecular formula is C8H12F3N3O2S2. The first kappa shape index (κ1) is 15.3. The number of thioether (sulfide) groups is 1. The largest absolute Gasteiger partial charge is 0.441 e. The Balaban J connectivity index is 2.62. The smallest absolute Gasteiger partial charge is 0.281 e. The van der Waals surface area contributed by atoms with Gasteiger partial charge in [0.05, 0.1) is 11.4 Å². The topological polar surface area (TPSA) is 74.8 Å². The Morgan fingerprint density at radius 2 is 2.00 bits per heavy atom. The van der Waals surface area contributed by atoms with Gasteiger partial charge in [0, 0.05) is 12.3 Å². The zero-order chi connectivity index (χ0) is 14.0. The molecule has 0 saturated carbocycles. The summed E-state index contributed by atoms with van der Waals surface area (Å²) in [5.41, 5.74) is -3.72. The number of H-pyrrole nitrogens is 1. The predicted octanol–water partition coefficient (Wildman–Crippen LogP) is 1.56. The number of aryl methyl sites for hydroxylation is 2. The lowest BCUT2D eigenvalue weighted by Crippen LogP contribution is -2.27. The highest BCUT2D eigenvalue weighted by Gasteiger charge is 2.28. The van der Waals surface area contributed by atoms with E-state index in [9.17, 15) is 21.6 Å². The van der Waals surface area contributed by atoms with Crippen LogP contribution in [-0.4, -0.2) is 36.4 Å². The summed E-state index contributed by atoms with van der Waals surface area (Å²) in [5, 5.41) is 6.22. The second-order valence-corrected chi connectivity index (χ2v) is 6.32. The fraction of sp³-hybridized carbons (Fsp3) is 0.625. The molecule has 1 aromatic heterocycles. The maximum atomic E-state index is 11.8. The lowest BCUT2D eigenvalue weighted by Gasteiger charge is -2.08. The molecule has 0 unspecified atom stereocenters. The summed E-state index contributed by atoms with van der Waals surface area (Å²) in [6, 6.07) is 0. The summed E-state index contributed by atoms with van der Waals surface area (Å²) < 4.78 is 61.2. The van der Waals surface area contributed by atoms with Crippen LogP contribution in [0.3, 0.4) is 0 Å². The maximum Gasteiger partial charge on any atom is 0.441 e. The molecule has 0 amide bonds. The van der Waals surface area contributed by atoms with Crippen LogP contribution in [0.1, 0.15) is 11.4 Å². The van der Waals surface area contributed by atoms with Crippen molar-refractivity contribution in [2.24, 2.45) is 0 Å². The van der Waals surface area contributed by atoms with Gasteiger partial charge in [0.15, 0.2) is 0 Å². The van der Waals surface area contributed by atoms with Gasteiger partial charge in [-0.1, -0.05) is 0 Å². The van der Waals surface area contributed by atoms with Crippen LogP contribution >= 0.6 is 11.8 Å². The molecule has 1 rings (SSSR count). The van der Waals surface area contributed by atoms with Crippen molar-refractivity contribution in [1.29, 1.82) is 0 Å². The van der Waals surface area contributed by atoms with Crippen molar-refractivity contribution in [3.63, 3.8) is 0 Å². The third-order valence-corrected chi connectivity index (χ3v) is 4.45. The number of alkyl halides is 3. The van der Waals surface area contributed by atoms with Gasteiger partial charge in [0.2, 0.25) is 10.0 Å². The molecule has 0 radical (unpaired) electrons. The second-order valence-electron chi connectivity index (χ2n) is 3.46. The molecule has 0 aromatic carbocycles. The average Bonchev–Trinajstić information content (AvgIpc) is 2.52. The minimum Gasteiger partial charge on any atom is -0.281 e. The van der Waals surface area contributed by atoms with E-state index in [1.807, 2.05) is 0 Å². The van der Waals surface area contributed by atoms with Gasteiger partial charge in [-0.25, -0.2) is 13.1 Å². The van der Waals surface area contributed by atoms with Gasteiger partial charge in [-0.3, -0.25) is 5.10 Å². The molecule has 1 heterocycles. The van der Waals surface area contributed by atoms with E-state index in [1.165, 1.54) is 13.8 Å². The van der Waals surface area contributed by atoms with Crippen molar-refractivity contribution in [2.45, 2.75) is 24.3 Å². The quantitative estimate of drug-likeness (QED) is 0.810. The molecule has 18 heavy (non-hydrogen) atoms.